The number of carbonyl (C=O) groups excluding carboxylic acids is 2. The van der Waals surface area contributed by atoms with Gasteiger partial charge in [0.25, 0.3) is 5.79 Å². The topological polar surface area (TPSA) is 61.8 Å². The van der Waals surface area contributed by atoms with Crippen molar-refractivity contribution in [1.29, 1.82) is 0 Å². The van der Waals surface area contributed by atoms with Gasteiger partial charge in [0.15, 0.2) is 0 Å². The summed E-state index contributed by atoms with van der Waals surface area (Å²) in [5.74, 6) is -1.85. The lowest BCUT2D eigenvalue weighted by Gasteiger charge is -2.29. The van der Waals surface area contributed by atoms with Crippen LogP contribution in [0.3, 0.4) is 0 Å². The molecule has 1 aromatic carbocycles. The number of rotatable bonds is 2. The van der Waals surface area contributed by atoms with Crippen LogP contribution in [0.2, 0.25) is 0 Å². The van der Waals surface area contributed by atoms with Gasteiger partial charge in [0.2, 0.25) is 0 Å². The second-order valence-corrected chi connectivity index (χ2v) is 5.41. The molecule has 1 fully saturated rings. The van der Waals surface area contributed by atoms with E-state index in [0.717, 1.165) is 22.4 Å². The largest absolute Gasteiger partial charge is 0.497 e. The zero-order valence-corrected chi connectivity index (χ0v) is 12.8. The van der Waals surface area contributed by atoms with Crippen LogP contribution in [-0.4, -0.2) is 24.8 Å². The fourth-order valence-electron chi connectivity index (χ4n) is 2.20. The molecule has 0 atom stereocenters. The van der Waals surface area contributed by atoms with Crippen LogP contribution in [0.4, 0.5) is 0 Å². The third kappa shape index (κ3) is 3.07. The Morgan fingerprint density at radius 3 is 1.95 bits per heavy atom. The van der Waals surface area contributed by atoms with Gasteiger partial charge in [-0.3, -0.25) is 0 Å². The summed E-state index contributed by atoms with van der Waals surface area (Å²) in [4.78, 5) is 23.9. The number of carbonyl (C=O) groups is 2. The van der Waals surface area contributed by atoms with Crippen LogP contribution in [0.5, 0.6) is 5.75 Å². The molecule has 21 heavy (non-hydrogen) atoms. The lowest BCUT2D eigenvalue weighted by molar-refractivity contribution is -0.222. The molecule has 0 saturated carbocycles. The molecule has 0 N–H and O–H groups in total. The van der Waals surface area contributed by atoms with Crippen molar-refractivity contribution in [2.24, 2.45) is 0 Å². The zero-order valence-electron chi connectivity index (χ0n) is 12.8. The highest BCUT2D eigenvalue weighted by Crippen LogP contribution is 2.28. The molecule has 5 nitrogen and oxygen atoms in total. The van der Waals surface area contributed by atoms with Crippen molar-refractivity contribution < 1.29 is 23.8 Å². The molecule has 0 aliphatic carbocycles. The van der Waals surface area contributed by atoms with Crippen molar-refractivity contribution in [1.82, 2.24) is 0 Å². The molecule has 1 saturated heterocycles. The average Bonchev–Trinajstić information content (AvgIpc) is 2.34. The highest BCUT2D eigenvalue weighted by Gasteiger charge is 2.38. The lowest BCUT2D eigenvalue weighted by Crippen LogP contribution is -2.41. The van der Waals surface area contributed by atoms with Crippen LogP contribution in [0.1, 0.15) is 30.5 Å². The summed E-state index contributed by atoms with van der Waals surface area (Å²) >= 11 is 0. The summed E-state index contributed by atoms with van der Waals surface area (Å²) in [7, 11) is 1.59. The Bertz CT molecular complexity index is 595. The molecule has 1 aliphatic heterocycles. The van der Waals surface area contributed by atoms with Crippen molar-refractivity contribution >= 4 is 18.0 Å². The third-order valence-electron chi connectivity index (χ3n) is 3.21. The number of cyclic esters (lactones) is 2. The van der Waals surface area contributed by atoms with E-state index in [-0.39, 0.29) is 5.57 Å². The van der Waals surface area contributed by atoms with E-state index in [0.29, 0.717) is 0 Å². The Kier molecular flexibility index (Phi) is 3.77. The minimum absolute atomic E-state index is 0.106. The Balaban J connectivity index is 2.45. The number of aryl methyl sites for hydroxylation is 2. The first-order chi connectivity index (χ1) is 9.73. The highest BCUT2D eigenvalue weighted by atomic mass is 16.7. The van der Waals surface area contributed by atoms with E-state index >= 15 is 0 Å². The standard InChI is InChI=1S/C16H18O5/c1-9-6-11(19-5)7-10(2)12(9)8-13-14(17)20-16(3,4)21-15(13)18/h6-8H,1-5H3. The molecule has 0 aromatic heterocycles. The molecule has 0 spiro atoms. The molecule has 0 bridgehead atoms. The molecule has 112 valence electrons. The van der Waals surface area contributed by atoms with Crippen LogP contribution in [0.15, 0.2) is 17.7 Å². The van der Waals surface area contributed by atoms with Crippen LogP contribution in [0.25, 0.3) is 6.08 Å². The SMILES string of the molecule is COc1cc(C)c(C=C2C(=O)OC(C)(C)OC2=O)c(C)c1. The molecule has 0 amide bonds. The van der Waals surface area contributed by atoms with Crippen LogP contribution < -0.4 is 4.74 Å². The number of benzene rings is 1. The van der Waals surface area contributed by atoms with E-state index in [1.165, 1.54) is 19.9 Å². The Morgan fingerprint density at radius 1 is 1.05 bits per heavy atom. The molecule has 5 heteroatoms. The Labute approximate surface area is 123 Å². The van der Waals surface area contributed by atoms with Crippen molar-refractivity contribution in [3.05, 3.63) is 34.4 Å². The zero-order chi connectivity index (χ0) is 15.8. The quantitative estimate of drug-likeness (QED) is 0.476. The molecule has 2 rings (SSSR count). The lowest BCUT2D eigenvalue weighted by atomic mass is 9.99. The predicted molar refractivity (Wildman–Crippen MR) is 76.7 cm³/mol. The smallest absolute Gasteiger partial charge is 0.348 e. The van der Waals surface area contributed by atoms with Gasteiger partial charge >= 0.3 is 11.9 Å². The maximum absolute atomic E-state index is 12.0. The van der Waals surface area contributed by atoms with Gasteiger partial charge in [-0.2, -0.15) is 0 Å². The minimum atomic E-state index is -1.23. The van der Waals surface area contributed by atoms with Gasteiger partial charge in [-0.15, -0.1) is 0 Å². The van der Waals surface area contributed by atoms with Gasteiger partial charge < -0.3 is 14.2 Å². The van der Waals surface area contributed by atoms with Crippen molar-refractivity contribution in [3.63, 3.8) is 0 Å². The summed E-state index contributed by atoms with van der Waals surface area (Å²) in [6, 6.07) is 3.67. The van der Waals surface area contributed by atoms with Gasteiger partial charge in [-0.25, -0.2) is 9.59 Å². The summed E-state index contributed by atoms with van der Waals surface area (Å²) < 4.78 is 15.3. The number of methoxy groups -OCH3 is 1. The maximum Gasteiger partial charge on any atom is 0.348 e. The Morgan fingerprint density at radius 2 is 1.52 bits per heavy atom. The second-order valence-electron chi connectivity index (χ2n) is 5.41. The normalized spacial score (nSPS) is 17.1. The van der Waals surface area contributed by atoms with E-state index in [9.17, 15) is 9.59 Å². The minimum Gasteiger partial charge on any atom is -0.497 e. The molecule has 1 aliphatic rings. The summed E-state index contributed by atoms with van der Waals surface area (Å²) in [6.07, 6.45) is 1.50. The molecular formula is C16H18O5. The van der Waals surface area contributed by atoms with Crippen LogP contribution in [-0.2, 0) is 19.1 Å². The van der Waals surface area contributed by atoms with Gasteiger partial charge in [0.05, 0.1) is 7.11 Å². The molecular weight excluding hydrogens is 272 g/mol. The molecule has 0 unspecified atom stereocenters. The first kappa shape index (κ1) is 15.1. The first-order valence-electron chi connectivity index (χ1n) is 6.57. The average molecular weight is 290 g/mol. The van der Waals surface area contributed by atoms with Gasteiger partial charge in [-0.05, 0) is 48.7 Å². The van der Waals surface area contributed by atoms with Gasteiger partial charge in [-0.1, -0.05) is 0 Å². The third-order valence-corrected chi connectivity index (χ3v) is 3.21. The van der Waals surface area contributed by atoms with Crippen molar-refractivity contribution in [2.75, 3.05) is 7.11 Å². The fourth-order valence-corrected chi connectivity index (χ4v) is 2.20. The summed E-state index contributed by atoms with van der Waals surface area (Å²) in [5, 5.41) is 0. The predicted octanol–water partition coefficient (Wildman–Crippen LogP) is 2.53. The number of ether oxygens (including phenoxy) is 3. The van der Waals surface area contributed by atoms with Gasteiger partial charge in [0.1, 0.15) is 11.3 Å². The number of esters is 2. The number of hydrogen-bond donors (Lipinski definition) is 0. The maximum atomic E-state index is 12.0. The molecule has 1 heterocycles. The van der Waals surface area contributed by atoms with E-state index in [1.807, 2.05) is 26.0 Å². The van der Waals surface area contributed by atoms with E-state index in [2.05, 4.69) is 0 Å². The van der Waals surface area contributed by atoms with Crippen LogP contribution >= 0.6 is 0 Å². The molecule has 1 aromatic rings. The number of hydrogen-bond acceptors (Lipinski definition) is 5. The van der Waals surface area contributed by atoms with E-state index in [4.69, 9.17) is 14.2 Å². The molecule has 0 radical (unpaired) electrons. The van der Waals surface area contributed by atoms with Gasteiger partial charge in [0, 0.05) is 13.8 Å². The van der Waals surface area contributed by atoms with E-state index < -0.39 is 17.7 Å². The first-order valence-corrected chi connectivity index (χ1v) is 6.57. The van der Waals surface area contributed by atoms with Crippen LogP contribution in [0, 0.1) is 13.8 Å². The second kappa shape index (κ2) is 5.24. The van der Waals surface area contributed by atoms with Crippen molar-refractivity contribution in [3.8, 4) is 5.75 Å². The van der Waals surface area contributed by atoms with Crippen molar-refractivity contribution in [2.45, 2.75) is 33.5 Å². The monoisotopic (exact) mass is 290 g/mol. The summed E-state index contributed by atoms with van der Waals surface area (Å²) in [5.41, 5.74) is 2.46. The van der Waals surface area contributed by atoms with E-state index in [1.54, 1.807) is 7.11 Å². The highest BCUT2D eigenvalue weighted by molar-refractivity contribution is 6.19. The fraction of sp³-hybridized carbons (Fsp3) is 0.375. The summed E-state index contributed by atoms with van der Waals surface area (Å²) in [6.45, 7) is 6.80. The Hall–Kier alpha value is -2.30.